The van der Waals surface area contributed by atoms with Crippen LogP contribution < -0.4 is 0 Å². The predicted molar refractivity (Wildman–Crippen MR) is 111 cm³/mol. The summed E-state index contributed by atoms with van der Waals surface area (Å²) in [4.78, 5) is 23.5. The van der Waals surface area contributed by atoms with Crippen molar-refractivity contribution >= 4 is 23.4 Å². The van der Waals surface area contributed by atoms with Crippen molar-refractivity contribution in [3.8, 4) is 11.8 Å². The van der Waals surface area contributed by atoms with Crippen LogP contribution >= 0.6 is 11.8 Å². The Bertz CT molecular complexity index is 1100. The zero-order valence-electron chi connectivity index (χ0n) is 16.3. The van der Waals surface area contributed by atoms with Crippen LogP contribution in [0.1, 0.15) is 23.9 Å². The second-order valence-electron chi connectivity index (χ2n) is 6.39. The Labute approximate surface area is 177 Å². The largest absolute Gasteiger partial charge is 0.458 e. The summed E-state index contributed by atoms with van der Waals surface area (Å²) in [6.07, 6.45) is 0. The third kappa shape index (κ3) is 4.67. The zero-order chi connectivity index (χ0) is 21.7. The number of hydrogen-bond acceptors (Lipinski definition) is 7. The molecule has 8 nitrogen and oxygen atoms in total. The number of carbonyl (C=O) groups is 1. The number of nitro benzene ring substituents is 1. The molecule has 9 heteroatoms. The number of hydrogen-bond donors (Lipinski definition) is 0. The first-order valence-corrected chi connectivity index (χ1v) is 9.90. The van der Waals surface area contributed by atoms with Crippen LogP contribution in [0.15, 0.2) is 59.5 Å². The van der Waals surface area contributed by atoms with E-state index in [1.54, 1.807) is 30.7 Å². The lowest BCUT2D eigenvalue weighted by atomic mass is 10.2. The average Bonchev–Trinajstić information content (AvgIpc) is 3.08. The third-order valence-corrected chi connectivity index (χ3v) is 5.40. The van der Waals surface area contributed by atoms with Gasteiger partial charge in [0.2, 0.25) is 0 Å². The maximum Gasteiger partial charge on any atom is 0.319 e. The number of nitro groups is 1. The van der Waals surface area contributed by atoms with Crippen LogP contribution in [-0.2, 0) is 16.1 Å². The second-order valence-corrected chi connectivity index (χ2v) is 7.80. The smallest absolute Gasteiger partial charge is 0.319 e. The van der Waals surface area contributed by atoms with E-state index in [0.717, 1.165) is 5.69 Å². The summed E-state index contributed by atoms with van der Waals surface area (Å²) in [6, 6.07) is 17.4. The fourth-order valence-corrected chi connectivity index (χ4v) is 3.66. The molecule has 0 saturated heterocycles. The quantitative estimate of drug-likeness (QED) is 0.243. The van der Waals surface area contributed by atoms with Crippen molar-refractivity contribution in [2.45, 2.75) is 30.6 Å². The number of nitriles is 1. The van der Waals surface area contributed by atoms with E-state index in [-0.39, 0.29) is 12.3 Å². The van der Waals surface area contributed by atoms with Crippen LogP contribution in [0.3, 0.4) is 0 Å². The van der Waals surface area contributed by atoms with Gasteiger partial charge in [-0.25, -0.2) is 4.68 Å². The van der Waals surface area contributed by atoms with Crippen molar-refractivity contribution in [3.05, 3.63) is 81.7 Å². The molecule has 0 aliphatic heterocycles. The molecule has 3 aromatic rings. The summed E-state index contributed by atoms with van der Waals surface area (Å²) < 4.78 is 7.07. The topological polar surface area (TPSA) is 111 Å². The molecule has 0 N–H and O–H groups in total. The van der Waals surface area contributed by atoms with Crippen LogP contribution in [0.25, 0.3) is 5.69 Å². The minimum Gasteiger partial charge on any atom is -0.458 e. The molecule has 0 radical (unpaired) electrons. The van der Waals surface area contributed by atoms with Crippen molar-refractivity contribution in [2.75, 3.05) is 0 Å². The van der Waals surface area contributed by atoms with E-state index in [9.17, 15) is 20.2 Å². The van der Waals surface area contributed by atoms with Crippen LogP contribution in [0, 0.1) is 28.4 Å². The van der Waals surface area contributed by atoms with Gasteiger partial charge in [0.25, 0.3) is 5.69 Å². The van der Waals surface area contributed by atoms with E-state index in [2.05, 4.69) is 11.2 Å². The number of benzene rings is 2. The van der Waals surface area contributed by atoms with Gasteiger partial charge in [-0.15, -0.1) is 11.8 Å². The third-order valence-electron chi connectivity index (χ3n) is 4.31. The highest BCUT2D eigenvalue weighted by Crippen LogP contribution is 2.27. The van der Waals surface area contributed by atoms with E-state index < -0.39 is 16.1 Å². The molecule has 0 fully saturated rings. The summed E-state index contributed by atoms with van der Waals surface area (Å²) >= 11 is 1.24. The molecule has 0 spiro atoms. The Morgan fingerprint density at radius 1 is 1.27 bits per heavy atom. The van der Waals surface area contributed by atoms with E-state index >= 15 is 0 Å². The Morgan fingerprint density at radius 2 is 1.93 bits per heavy atom. The van der Waals surface area contributed by atoms with Gasteiger partial charge in [-0.05, 0) is 38.1 Å². The molecule has 0 aliphatic rings. The fraction of sp³-hybridized carbons (Fsp3) is 0.190. The first-order valence-electron chi connectivity index (χ1n) is 9.02. The van der Waals surface area contributed by atoms with Gasteiger partial charge < -0.3 is 4.74 Å². The number of rotatable bonds is 7. The molecule has 1 heterocycles. The number of aromatic nitrogens is 2. The molecule has 1 unspecified atom stereocenters. The van der Waals surface area contributed by atoms with E-state index in [1.165, 1.54) is 23.9 Å². The lowest BCUT2D eigenvalue weighted by Crippen LogP contribution is -2.18. The van der Waals surface area contributed by atoms with E-state index in [0.29, 0.717) is 21.8 Å². The molecule has 1 atom stereocenters. The standard InChI is InChI=1S/C21H18N4O4S/c1-14-19(12-22)20(24(23-14)16-6-4-3-5-7-16)13-29-21(26)15(2)30-18-10-8-17(9-11-18)25(27)28/h3-11,15H,13H2,1-2H3. The number of para-hydroxylation sites is 1. The van der Waals surface area contributed by atoms with Gasteiger partial charge in [-0.3, -0.25) is 14.9 Å². The molecule has 30 heavy (non-hydrogen) atoms. The SMILES string of the molecule is Cc1nn(-c2ccccc2)c(COC(=O)C(C)Sc2ccc([N+](=O)[O-])cc2)c1C#N. The minimum atomic E-state index is -0.536. The van der Waals surface area contributed by atoms with Gasteiger partial charge in [0.15, 0.2) is 0 Å². The molecular weight excluding hydrogens is 404 g/mol. The lowest BCUT2D eigenvalue weighted by Gasteiger charge is -2.12. The van der Waals surface area contributed by atoms with Gasteiger partial charge in [-0.1, -0.05) is 18.2 Å². The van der Waals surface area contributed by atoms with Crippen LogP contribution in [0.2, 0.25) is 0 Å². The van der Waals surface area contributed by atoms with Crippen LogP contribution in [0.5, 0.6) is 0 Å². The summed E-state index contributed by atoms with van der Waals surface area (Å²) in [5.41, 5.74) is 2.19. The van der Waals surface area contributed by atoms with Crippen molar-refractivity contribution in [2.24, 2.45) is 0 Å². The van der Waals surface area contributed by atoms with Crippen molar-refractivity contribution < 1.29 is 14.5 Å². The number of non-ortho nitro benzene ring substituents is 1. The monoisotopic (exact) mass is 422 g/mol. The molecule has 0 aliphatic carbocycles. The molecule has 0 amide bonds. The maximum atomic E-state index is 12.5. The van der Waals surface area contributed by atoms with Gasteiger partial charge in [0, 0.05) is 17.0 Å². The van der Waals surface area contributed by atoms with E-state index in [4.69, 9.17) is 4.74 Å². The minimum absolute atomic E-state index is 0.0110. The Kier molecular flexibility index (Phi) is 6.49. The van der Waals surface area contributed by atoms with Gasteiger partial charge in [-0.2, -0.15) is 10.4 Å². The number of thioether (sulfide) groups is 1. The Morgan fingerprint density at radius 3 is 2.53 bits per heavy atom. The molecule has 1 aromatic heterocycles. The Hall–Kier alpha value is -3.64. The van der Waals surface area contributed by atoms with E-state index in [1.807, 2.05) is 30.3 Å². The number of esters is 1. The molecule has 0 bridgehead atoms. The maximum absolute atomic E-state index is 12.5. The highest BCUT2D eigenvalue weighted by atomic mass is 32.2. The van der Waals surface area contributed by atoms with Crippen molar-refractivity contribution in [3.63, 3.8) is 0 Å². The second kappa shape index (κ2) is 9.24. The average molecular weight is 422 g/mol. The summed E-state index contributed by atoms with van der Waals surface area (Å²) in [5.74, 6) is -0.458. The predicted octanol–water partition coefficient (Wildman–Crippen LogP) is 4.18. The van der Waals surface area contributed by atoms with Crippen LogP contribution in [-0.4, -0.2) is 25.9 Å². The van der Waals surface area contributed by atoms with Gasteiger partial charge >= 0.3 is 5.97 Å². The highest BCUT2D eigenvalue weighted by molar-refractivity contribution is 8.00. The van der Waals surface area contributed by atoms with Crippen molar-refractivity contribution in [1.82, 2.24) is 9.78 Å². The number of carbonyl (C=O) groups excluding carboxylic acids is 1. The first-order chi connectivity index (χ1) is 14.4. The number of ether oxygens (including phenoxy) is 1. The fourth-order valence-electron chi connectivity index (χ4n) is 2.79. The van der Waals surface area contributed by atoms with Gasteiger partial charge in [0.1, 0.15) is 23.5 Å². The van der Waals surface area contributed by atoms with Crippen LogP contribution in [0.4, 0.5) is 5.69 Å². The highest BCUT2D eigenvalue weighted by Gasteiger charge is 2.21. The molecule has 2 aromatic carbocycles. The van der Waals surface area contributed by atoms with Gasteiger partial charge in [0.05, 0.1) is 22.0 Å². The molecule has 3 rings (SSSR count). The normalized spacial score (nSPS) is 11.5. The summed E-state index contributed by atoms with van der Waals surface area (Å²) in [7, 11) is 0. The lowest BCUT2D eigenvalue weighted by molar-refractivity contribution is -0.384. The number of nitrogens with zero attached hydrogens (tertiary/aromatic N) is 4. The summed E-state index contributed by atoms with van der Waals surface area (Å²) in [5, 5.41) is 24.1. The number of aryl methyl sites for hydroxylation is 1. The first kappa shape index (κ1) is 21.1. The Balaban J connectivity index is 1.71. The molecular formula is C21H18N4O4S. The summed E-state index contributed by atoms with van der Waals surface area (Å²) in [6.45, 7) is 3.33. The molecule has 0 saturated carbocycles. The van der Waals surface area contributed by atoms with Crippen molar-refractivity contribution in [1.29, 1.82) is 5.26 Å². The molecule has 152 valence electrons. The zero-order valence-corrected chi connectivity index (χ0v) is 17.1.